The molecule has 1 fully saturated rings. The van der Waals surface area contributed by atoms with Gasteiger partial charge in [0.2, 0.25) is 21.8 Å². The first kappa shape index (κ1) is 27.7. The molecule has 0 spiro atoms. The fourth-order valence-electron chi connectivity index (χ4n) is 3.92. The molecule has 1 aromatic heterocycles. The first-order valence-electron chi connectivity index (χ1n) is 11.7. The molecule has 0 bridgehead atoms. The van der Waals surface area contributed by atoms with E-state index in [1.165, 1.54) is 29.7 Å². The number of nitrogens with one attached hydrogen (secondary N) is 2. The standard InChI is InChI=1S/C23H33FN6O5S/c1-15(31)13-26-8-3-11-36(33,34)30-9-6-17(7-10-30)28-23-27-14-19(22(25)29-23)21(32)18-12-16(24)4-5-20(18)35-2/h4-5,12,14-15,17,26,31H,3,6-11,13H2,1-2H3,(H3,25,27,28,29). The predicted octanol–water partition coefficient (Wildman–Crippen LogP) is 1.00. The van der Waals surface area contributed by atoms with Crippen molar-refractivity contribution in [2.45, 2.75) is 38.3 Å². The van der Waals surface area contributed by atoms with Crippen molar-refractivity contribution in [3.8, 4) is 5.75 Å². The molecule has 1 aromatic carbocycles. The van der Waals surface area contributed by atoms with Gasteiger partial charge >= 0.3 is 0 Å². The van der Waals surface area contributed by atoms with Crippen LogP contribution in [0.1, 0.15) is 42.1 Å². The molecule has 1 saturated heterocycles. The average Bonchev–Trinajstić information content (AvgIpc) is 2.83. The van der Waals surface area contributed by atoms with Crippen LogP contribution < -0.4 is 21.1 Å². The molecule has 2 aromatic rings. The van der Waals surface area contributed by atoms with Gasteiger partial charge in [-0.3, -0.25) is 4.79 Å². The number of aliphatic hydroxyl groups excluding tert-OH is 1. The quantitative estimate of drug-likeness (QED) is 0.233. The molecule has 0 saturated carbocycles. The highest BCUT2D eigenvalue weighted by Crippen LogP contribution is 2.25. The zero-order valence-electron chi connectivity index (χ0n) is 20.4. The summed E-state index contributed by atoms with van der Waals surface area (Å²) in [6.07, 6.45) is 2.39. The molecule has 36 heavy (non-hydrogen) atoms. The highest BCUT2D eigenvalue weighted by atomic mass is 32.2. The number of piperidine rings is 1. The van der Waals surface area contributed by atoms with E-state index in [1.54, 1.807) is 6.92 Å². The Labute approximate surface area is 210 Å². The van der Waals surface area contributed by atoms with Crippen molar-refractivity contribution in [2.24, 2.45) is 0 Å². The Kier molecular flexibility index (Phi) is 9.54. The summed E-state index contributed by atoms with van der Waals surface area (Å²) in [5.41, 5.74) is 6.04. The SMILES string of the molecule is COc1ccc(F)cc1C(=O)c1cnc(NC2CCN(S(=O)(=O)CCCNCC(C)O)CC2)nc1N. The highest BCUT2D eigenvalue weighted by Gasteiger charge is 2.28. The average molecular weight is 525 g/mol. The van der Waals surface area contributed by atoms with Crippen molar-refractivity contribution in [3.05, 3.63) is 41.3 Å². The number of aromatic nitrogens is 2. The Hall–Kier alpha value is -2.87. The number of nitrogens with zero attached hydrogens (tertiary/aromatic N) is 3. The van der Waals surface area contributed by atoms with E-state index >= 15 is 0 Å². The maximum absolute atomic E-state index is 13.7. The molecule has 11 nitrogen and oxygen atoms in total. The first-order chi connectivity index (χ1) is 17.1. The zero-order chi connectivity index (χ0) is 26.3. The van der Waals surface area contributed by atoms with Crippen LogP contribution in [0, 0.1) is 5.82 Å². The van der Waals surface area contributed by atoms with Crippen LogP contribution in [0.5, 0.6) is 5.75 Å². The normalized spacial score (nSPS) is 16.0. The molecule has 0 radical (unpaired) electrons. The summed E-state index contributed by atoms with van der Waals surface area (Å²) in [7, 11) is -1.98. The summed E-state index contributed by atoms with van der Waals surface area (Å²) >= 11 is 0. The van der Waals surface area contributed by atoms with Gasteiger partial charge in [0.1, 0.15) is 17.4 Å². The minimum absolute atomic E-state index is 0.0147. The van der Waals surface area contributed by atoms with Gasteiger partial charge in [0.05, 0.1) is 30.1 Å². The number of ketones is 1. The summed E-state index contributed by atoms with van der Waals surface area (Å²) in [6.45, 7) is 3.35. The number of nitrogens with two attached hydrogens (primary N) is 1. The molecule has 0 aliphatic carbocycles. The number of sulfonamides is 1. The number of hydrogen-bond acceptors (Lipinski definition) is 10. The second-order valence-electron chi connectivity index (χ2n) is 8.71. The second kappa shape index (κ2) is 12.4. The van der Waals surface area contributed by atoms with Gasteiger partial charge in [-0.15, -0.1) is 0 Å². The summed E-state index contributed by atoms with van der Waals surface area (Å²) < 4.78 is 45.5. The van der Waals surface area contributed by atoms with Gasteiger partial charge in [-0.2, -0.15) is 4.98 Å². The topological polar surface area (TPSA) is 160 Å². The Morgan fingerprint density at radius 1 is 1.33 bits per heavy atom. The number of carbonyl (C=O) groups is 1. The number of benzene rings is 1. The van der Waals surface area contributed by atoms with Crippen molar-refractivity contribution < 1.29 is 27.4 Å². The third-order valence-corrected chi connectivity index (χ3v) is 7.80. The fourth-order valence-corrected chi connectivity index (χ4v) is 5.46. The van der Waals surface area contributed by atoms with Crippen LogP contribution in [-0.4, -0.2) is 84.8 Å². The summed E-state index contributed by atoms with van der Waals surface area (Å²) in [5, 5.41) is 15.4. The van der Waals surface area contributed by atoms with Crippen molar-refractivity contribution in [1.82, 2.24) is 19.6 Å². The molecule has 1 aliphatic rings. The number of rotatable bonds is 12. The van der Waals surface area contributed by atoms with Crippen LogP contribution in [0.2, 0.25) is 0 Å². The summed E-state index contributed by atoms with van der Waals surface area (Å²) in [6, 6.07) is 3.56. The Bertz CT molecular complexity index is 1160. The predicted molar refractivity (Wildman–Crippen MR) is 134 cm³/mol. The maximum atomic E-state index is 13.7. The number of nitrogen functional groups attached to an aromatic ring is 1. The number of hydrogen-bond donors (Lipinski definition) is 4. The van der Waals surface area contributed by atoms with Crippen molar-refractivity contribution in [3.63, 3.8) is 0 Å². The van der Waals surface area contributed by atoms with Crippen LogP contribution in [0.25, 0.3) is 0 Å². The molecule has 3 rings (SSSR count). The largest absolute Gasteiger partial charge is 0.496 e. The minimum Gasteiger partial charge on any atom is -0.496 e. The maximum Gasteiger partial charge on any atom is 0.224 e. The van der Waals surface area contributed by atoms with E-state index in [2.05, 4.69) is 20.6 Å². The molecule has 1 aliphatic heterocycles. The molecule has 2 heterocycles. The number of carbonyl (C=O) groups excluding carboxylic acids is 1. The lowest BCUT2D eigenvalue weighted by molar-refractivity contribution is 0.103. The Morgan fingerprint density at radius 2 is 2.06 bits per heavy atom. The summed E-state index contributed by atoms with van der Waals surface area (Å²) in [4.78, 5) is 21.2. The van der Waals surface area contributed by atoms with E-state index in [0.29, 0.717) is 45.4 Å². The van der Waals surface area contributed by atoms with Crippen molar-refractivity contribution in [2.75, 3.05) is 50.1 Å². The molecular formula is C23H33FN6O5S. The van der Waals surface area contributed by atoms with Crippen LogP contribution in [-0.2, 0) is 10.0 Å². The molecule has 1 atom stereocenters. The molecule has 198 valence electrons. The van der Waals surface area contributed by atoms with Crippen LogP contribution in [0.4, 0.5) is 16.2 Å². The Balaban J connectivity index is 1.54. The van der Waals surface area contributed by atoms with Crippen LogP contribution in [0.3, 0.4) is 0 Å². The second-order valence-corrected chi connectivity index (χ2v) is 10.8. The molecule has 13 heteroatoms. The minimum atomic E-state index is -3.36. The molecular weight excluding hydrogens is 491 g/mol. The lowest BCUT2D eigenvalue weighted by Gasteiger charge is -2.31. The van der Waals surface area contributed by atoms with Gasteiger partial charge in [0.15, 0.2) is 0 Å². The van der Waals surface area contributed by atoms with Crippen molar-refractivity contribution >= 4 is 27.6 Å². The van der Waals surface area contributed by atoms with Crippen LogP contribution >= 0.6 is 0 Å². The van der Waals surface area contributed by atoms with Gasteiger partial charge in [-0.25, -0.2) is 22.1 Å². The van der Waals surface area contributed by atoms with E-state index in [9.17, 15) is 22.7 Å². The van der Waals surface area contributed by atoms with E-state index in [-0.39, 0.29) is 40.4 Å². The van der Waals surface area contributed by atoms with E-state index in [0.717, 1.165) is 6.07 Å². The third-order valence-electron chi connectivity index (χ3n) is 5.85. The third kappa shape index (κ3) is 7.32. The number of anilines is 2. The number of aliphatic hydroxyl groups is 1. The molecule has 0 amide bonds. The van der Waals surface area contributed by atoms with Gasteiger partial charge in [-0.1, -0.05) is 0 Å². The van der Waals surface area contributed by atoms with Gasteiger partial charge in [0.25, 0.3) is 0 Å². The van der Waals surface area contributed by atoms with Gasteiger partial charge in [0, 0.05) is 31.9 Å². The van der Waals surface area contributed by atoms with Crippen LogP contribution in [0.15, 0.2) is 24.4 Å². The van der Waals surface area contributed by atoms with Gasteiger partial charge in [-0.05, 0) is 50.9 Å². The zero-order valence-corrected chi connectivity index (χ0v) is 21.2. The number of ether oxygens (including phenoxy) is 1. The lowest BCUT2D eigenvalue weighted by Crippen LogP contribution is -2.43. The summed E-state index contributed by atoms with van der Waals surface area (Å²) in [5.74, 6) is -0.730. The number of halogens is 1. The first-order valence-corrected chi connectivity index (χ1v) is 13.4. The highest BCUT2D eigenvalue weighted by molar-refractivity contribution is 7.89. The van der Waals surface area contributed by atoms with E-state index in [4.69, 9.17) is 10.5 Å². The van der Waals surface area contributed by atoms with Gasteiger partial charge < -0.3 is 26.2 Å². The Morgan fingerprint density at radius 3 is 2.69 bits per heavy atom. The van der Waals surface area contributed by atoms with Crippen molar-refractivity contribution in [1.29, 1.82) is 0 Å². The number of methoxy groups -OCH3 is 1. The monoisotopic (exact) mass is 524 g/mol. The molecule has 5 N–H and O–H groups in total. The fraction of sp³-hybridized carbons (Fsp3) is 0.522. The lowest BCUT2D eigenvalue weighted by atomic mass is 10.0. The molecule has 1 unspecified atom stereocenters. The smallest absolute Gasteiger partial charge is 0.224 e. The van der Waals surface area contributed by atoms with E-state index < -0.39 is 27.7 Å². The van der Waals surface area contributed by atoms with E-state index in [1.807, 2.05) is 0 Å².